The lowest BCUT2D eigenvalue weighted by molar-refractivity contribution is 0.0601. The van der Waals surface area contributed by atoms with E-state index in [0.29, 0.717) is 11.1 Å². The van der Waals surface area contributed by atoms with Gasteiger partial charge in [0, 0.05) is 17.6 Å². The number of nitrogens with one attached hydrogen (secondary N) is 1. The Morgan fingerprint density at radius 3 is 2.38 bits per heavy atom. The topological polar surface area (TPSA) is 81.4 Å². The monoisotopic (exact) mass is 374 g/mol. The second-order valence-electron chi connectivity index (χ2n) is 6.36. The Labute approximate surface area is 159 Å². The Morgan fingerprint density at radius 2 is 1.77 bits per heavy atom. The first-order valence-electron chi connectivity index (χ1n) is 8.42. The zero-order valence-corrected chi connectivity index (χ0v) is 15.4. The zero-order chi connectivity index (χ0) is 17.8. The van der Waals surface area contributed by atoms with Crippen molar-refractivity contribution in [1.29, 1.82) is 0 Å². The highest BCUT2D eigenvalue weighted by molar-refractivity contribution is 5.98. The molecule has 6 heteroatoms. The van der Waals surface area contributed by atoms with Crippen LogP contribution in [0.1, 0.15) is 40.0 Å². The molecule has 0 heterocycles. The van der Waals surface area contributed by atoms with E-state index in [1.54, 1.807) is 24.3 Å². The van der Waals surface area contributed by atoms with Crippen LogP contribution >= 0.6 is 12.4 Å². The predicted molar refractivity (Wildman–Crippen MR) is 104 cm³/mol. The molecule has 0 bridgehead atoms. The molecule has 1 aliphatic carbocycles. The van der Waals surface area contributed by atoms with Crippen molar-refractivity contribution in [3.8, 4) is 11.1 Å². The van der Waals surface area contributed by atoms with Crippen LogP contribution in [0.2, 0.25) is 0 Å². The van der Waals surface area contributed by atoms with Crippen LogP contribution in [0.4, 0.5) is 0 Å². The number of amides is 1. The van der Waals surface area contributed by atoms with Crippen molar-refractivity contribution in [2.24, 2.45) is 5.73 Å². The number of benzene rings is 2. The molecule has 0 saturated heterocycles. The first kappa shape index (κ1) is 19.9. The zero-order valence-electron chi connectivity index (χ0n) is 14.6. The number of hydrogen-bond donors (Lipinski definition) is 2. The number of carbonyl (C=O) groups excluding carboxylic acids is 2. The molecular formula is C20H23ClN2O3. The number of rotatable bonds is 4. The van der Waals surface area contributed by atoms with Gasteiger partial charge in [-0.3, -0.25) is 4.79 Å². The van der Waals surface area contributed by atoms with Gasteiger partial charge in [-0.2, -0.15) is 0 Å². The fraction of sp³-hybridized carbons (Fsp3) is 0.300. The van der Waals surface area contributed by atoms with Gasteiger partial charge in [-0.1, -0.05) is 30.3 Å². The largest absolute Gasteiger partial charge is 0.465 e. The van der Waals surface area contributed by atoms with Gasteiger partial charge in [0.2, 0.25) is 0 Å². The van der Waals surface area contributed by atoms with E-state index in [4.69, 9.17) is 10.5 Å². The number of nitrogens with two attached hydrogens (primary N) is 1. The van der Waals surface area contributed by atoms with Crippen molar-refractivity contribution in [1.82, 2.24) is 5.32 Å². The van der Waals surface area contributed by atoms with Crippen LogP contribution in [0.15, 0.2) is 48.5 Å². The summed E-state index contributed by atoms with van der Waals surface area (Å²) < 4.78 is 4.83. The van der Waals surface area contributed by atoms with Crippen LogP contribution < -0.4 is 11.1 Å². The lowest BCUT2D eigenvalue weighted by atomic mass is 9.98. The van der Waals surface area contributed by atoms with Crippen LogP contribution in [0.5, 0.6) is 0 Å². The van der Waals surface area contributed by atoms with Gasteiger partial charge in [-0.15, -0.1) is 12.4 Å². The van der Waals surface area contributed by atoms with Gasteiger partial charge in [-0.05, 0) is 48.6 Å². The second-order valence-corrected chi connectivity index (χ2v) is 6.36. The van der Waals surface area contributed by atoms with Gasteiger partial charge in [0.15, 0.2) is 0 Å². The molecule has 138 valence electrons. The van der Waals surface area contributed by atoms with E-state index in [1.807, 2.05) is 24.3 Å². The quantitative estimate of drug-likeness (QED) is 0.805. The molecule has 3 N–H and O–H groups in total. The molecule has 1 aliphatic rings. The minimum Gasteiger partial charge on any atom is -0.465 e. The summed E-state index contributed by atoms with van der Waals surface area (Å²) in [5.41, 5.74) is 8.63. The van der Waals surface area contributed by atoms with Crippen LogP contribution in [0.3, 0.4) is 0 Å². The number of carbonyl (C=O) groups is 2. The van der Waals surface area contributed by atoms with E-state index in [-0.39, 0.29) is 36.4 Å². The molecule has 1 saturated carbocycles. The molecule has 0 aliphatic heterocycles. The fourth-order valence-electron chi connectivity index (χ4n) is 3.24. The first-order chi connectivity index (χ1) is 12.1. The molecule has 2 atom stereocenters. The Bertz CT molecular complexity index is 777. The number of methoxy groups -OCH3 is 1. The maximum atomic E-state index is 12.4. The van der Waals surface area contributed by atoms with Crippen LogP contribution in [-0.2, 0) is 4.74 Å². The van der Waals surface area contributed by atoms with Gasteiger partial charge in [0.1, 0.15) is 0 Å². The highest BCUT2D eigenvalue weighted by atomic mass is 35.5. The molecule has 0 aromatic heterocycles. The van der Waals surface area contributed by atoms with E-state index in [2.05, 4.69) is 5.32 Å². The minimum absolute atomic E-state index is 0. The summed E-state index contributed by atoms with van der Waals surface area (Å²) in [4.78, 5) is 24.3. The average Bonchev–Trinajstić information content (AvgIpc) is 3.06. The molecule has 3 rings (SSSR count). The van der Waals surface area contributed by atoms with E-state index in [9.17, 15) is 9.59 Å². The lowest BCUT2D eigenvalue weighted by Gasteiger charge is -2.13. The number of halogens is 1. The highest BCUT2D eigenvalue weighted by Crippen LogP contribution is 2.25. The highest BCUT2D eigenvalue weighted by Gasteiger charge is 2.23. The predicted octanol–water partition coefficient (Wildman–Crippen LogP) is 3.17. The molecule has 0 radical (unpaired) electrons. The summed E-state index contributed by atoms with van der Waals surface area (Å²) in [6.07, 6.45) is 2.71. The van der Waals surface area contributed by atoms with E-state index in [1.165, 1.54) is 7.11 Å². The Hall–Kier alpha value is -2.37. The molecule has 1 fully saturated rings. The van der Waals surface area contributed by atoms with Crippen LogP contribution in [0, 0.1) is 0 Å². The average molecular weight is 375 g/mol. The third-order valence-corrected chi connectivity index (χ3v) is 4.60. The van der Waals surface area contributed by atoms with Crippen molar-refractivity contribution in [2.75, 3.05) is 7.11 Å². The van der Waals surface area contributed by atoms with Crippen molar-refractivity contribution in [3.05, 3.63) is 59.7 Å². The Morgan fingerprint density at radius 1 is 1.08 bits per heavy atom. The summed E-state index contributed by atoms with van der Waals surface area (Å²) in [7, 11) is 1.36. The first-order valence-corrected chi connectivity index (χ1v) is 8.42. The maximum absolute atomic E-state index is 12.4. The smallest absolute Gasteiger partial charge is 0.338 e. The SMILES string of the molecule is COC(=O)c1ccccc1-c1ccc(C(=O)N[C@H]2CC[C@@H](N)C2)cc1.Cl. The van der Waals surface area contributed by atoms with Gasteiger partial charge >= 0.3 is 5.97 Å². The molecule has 0 unspecified atom stereocenters. The van der Waals surface area contributed by atoms with E-state index < -0.39 is 0 Å². The van der Waals surface area contributed by atoms with Crippen LogP contribution in [-0.4, -0.2) is 31.1 Å². The van der Waals surface area contributed by atoms with Crippen LogP contribution in [0.25, 0.3) is 11.1 Å². The van der Waals surface area contributed by atoms with Crippen molar-refractivity contribution < 1.29 is 14.3 Å². The third-order valence-electron chi connectivity index (χ3n) is 4.60. The van der Waals surface area contributed by atoms with Crippen molar-refractivity contribution in [2.45, 2.75) is 31.3 Å². The standard InChI is InChI=1S/C20H22N2O3.ClH/c1-25-20(24)18-5-3-2-4-17(18)13-6-8-14(9-7-13)19(23)22-16-11-10-15(21)12-16;/h2-9,15-16H,10-12,21H2,1H3,(H,22,23);1H/t15-,16+;/m1./s1. The normalized spacial score (nSPS) is 18.7. The molecular weight excluding hydrogens is 352 g/mol. The maximum Gasteiger partial charge on any atom is 0.338 e. The summed E-state index contributed by atoms with van der Waals surface area (Å²) in [5.74, 6) is -0.470. The number of ether oxygens (including phenoxy) is 1. The summed E-state index contributed by atoms with van der Waals surface area (Å²) in [6.45, 7) is 0. The second kappa shape index (κ2) is 8.83. The van der Waals surface area contributed by atoms with E-state index in [0.717, 1.165) is 30.4 Å². The Kier molecular flexibility index (Phi) is 6.77. The van der Waals surface area contributed by atoms with Gasteiger partial charge < -0.3 is 15.8 Å². The fourth-order valence-corrected chi connectivity index (χ4v) is 3.24. The Balaban J connectivity index is 0.00000243. The van der Waals surface area contributed by atoms with Gasteiger partial charge in [0.25, 0.3) is 5.91 Å². The molecule has 5 nitrogen and oxygen atoms in total. The molecule has 0 spiro atoms. The molecule has 2 aromatic carbocycles. The number of esters is 1. The lowest BCUT2D eigenvalue weighted by Crippen LogP contribution is -2.33. The molecule has 1 amide bonds. The van der Waals surface area contributed by atoms with Crippen molar-refractivity contribution in [3.63, 3.8) is 0 Å². The molecule has 26 heavy (non-hydrogen) atoms. The summed E-state index contributed by atoms with van der Waals surface area (Å²) in [5, 5.41) is 3.03. The van der Waals surface area contributed by atoms with Gasteiger partial charge in [-0.25, -0.2) is 4.79 Å². The summed E-state index contributed by atoms with van der Waals surface area (Å²) in [6, 6.07) is 14.8. The number of hydrogen-bond acceptors (Lipinski definition) is 4. The minimum atomic E-state index is -0.380. The summed E-state index contributed by atoms with van der Waals surface area (Å²) >= 11 is 0. The van der Waals surface area contributed by atoms with Gasteiger partial charge in [0.05, 0.1) is 12.7 Å². The molecule has 2 aromatic rings. The third kappa shape index (κ3) is 4.42. The van der Waals surface area contributed by atoms with E-state index >= 15 is 0 Å². The van der Waals surface area contributed by atoms with Crippen molar-refractivity contribution >= 4 is 24.3 Å².